The summed E-state index contributed by atoms with van der Waals surface area (Å²) in [5.74, 6) is 1.78. The number of hydrogen-bond acceptors (Lipinski definition) is 7. The number of anilines is 1. The lowest BCUT2D eigenvalue weighted by Gasteiger charge is -2.27. The zero-order valence-electron chi connectivity index (χ0n) is 20.8. The zero-order valence-corrected chi connectivity index (χ0v) is 20.8. The minimum atomic E-state index is -0.502. The Labute approximate surface area is 201 Å². The van der Waals surface area contributed by atoms with E-state index in [-0.39, 0.29) is 5.91 Å². The minimum absolute atomic E-state index is 0.0864. The van der Waals surface area contributed by atoms with Gasteiger partial charge in [0, 0.05) is 31.5 Å². The summed E-state index contributed by atoms with van der Waals surface area (Å²) in [5, 5.41) is 3.94. The number of carbonyl (C=O) groups is 1. The second-order valence-corrected chi connectivity index (χ2v) is 9.24. The van der Waals surface area contributed by atoms with E-state index < -0.39 is 5.54 Å². The molecular weight excluding hydrogens is 432 g/mol. The van der Waals surface area contributed by atoms with Gasteiger partial charge in [-0.15, -0.1) is 0 Å². The Morgan fingerprint density at radius 1 is 1.18 bits per heavy atom. The first-order valence-corrected chi connectivity index (χ1v) is 12.0. The van der Waals surface area contributed by atoms with Crippen LogP contribution >= 0.6 is 0 Å². The molecule has 0 aliphatic heterocycles. The standard InChI is InChI=1S/C25H38N6O3/c1-5-33-15-21-29-22-23(31(21)16-25(3,4)30-17(2)32)19-11-10-18(14-20(19)28-24(22)27)34-13-9-7-6-8-12-26/h10-11,14H,5-9,12-13,15-16,26H2,1-4H3,(H2,27,28)(H,30,32). The van der Waals surface area contributed by atoms with E-state index in [0.29, 0.717) is 37.7 Å². The van der Waals surface area contributed by atoms with E-state index in [1.807, 2.05) is 39.0 Å². The normalized spacial score (nSPS) is 11.9. The molecule has 2 aromatic heterocycles. The lowest BCUT2D eigenvalue weighted by atomic mass is 10.1. The highest BCUT2D eigenvalue weighted by Crippen LogP contribution is 2.32. The van der Waals surface area contributed by atoms with E-state index in [9.17, 15) is 4.79 Å². The van der Waals surface area contributed by atoms with Crippen LogP contribution in [0.1, 0.15) is 59.2 Å². The molecule has 5 N–H and O–H groups in total. The second-order valence-electron chi connectivity index (χ2n) is 9.24. The molecular formula is C25H38N6O3. The van der Waals surface area contributed by atoms with Crippen LogP contribution in [0.5, 0.6) is 5.75 Å². The van der Waals surface area contributed by atoms with Gasteiger partial charge in [-0.1, -0.05) is 12.8 Å². The van der Waals surface area contributed by atoms with Crippen LogP contribution < -0.4 is 21.5 Å². The Morgan fingerprint density at radius 2 is 1.94 bits per heavy atom. The number of unbranched alkanes of at least 4 members (excludes halogenated alkanes) is 3. The summed E-state index contributed by atoms with van der Waals surface area (Å²) in [6.07, 6.45) is 4.25. The van der Waals surface area contributed by atoms with Crippen molar-refractivity contribution in [1.82, 2.24) is 19.9 Å². The molecule has 0 spiro atoms. The van der Waals surface area contributed by atoms with Gasteiger partial charge in [-0.25, -0.2) is 9.97 Å². The van der Waals surface area contributed by atoms with E-state index >= 15 is 0 Å². The second kappa shape index (κ2) is 11.5. The van der Waals surface area contributed by atoms with E-state index in [1.165, 1.54) is 6.92 Å². The number of nitrogens with zero attached hydrogens (tertiary/aromatic N) is 3. The molecule has 34 heavy (non-hydrogen) atoms. The number of ether oxygens (including phenoxy) is 2. The molecule has 0 saturated heterocycles. The van der Waals surface area contributed by atoms with Crippen LogP contribution in [-0.2, 0) is 22.7 Å². The highest BCUT2D eigenvalue weighted by molar-refractivity contribution is 6.07. The van der Waals surface area contributed by atoms with Gasteiger partial charge in [-0.3, -0.25) is 4.79 Å². The molecule has 0 unspecified atom stereocenters. The van der Waals surface area contributed by atoms with E-state index in [4.69, 9.17) is 25.9 Å². The quantitative estimate of drug-likeness (QED) is 0.326. The highest BCUT2D eigenvalue weighted by Gasteiger charge is 2.25. The molecule has 3 aromatic rings. The van der Waals surface area contributed by atoms with Crippen LogP contribution in [0.2, 0.25) is 0 Å². The Balaban J connectivity index is 1.98. The van der Waals surface area contributed by atoms with Crippen LogP contribution in [-0.4, -0.2) is 45.7 Å². The predicted molar refractivity (Wildman–Crippen MR) is 136 cm³/mol. The van der Waals surface area contributed by atoms with Gasteiger partial charge < -0.3 is 30.8 Å². The number of nitrogens with one attached hydrogen (secondary N) is 1. The molecule has 2 heterocycles. The minimum Gasteiger partial charge on any atom is -0.494 e. The summed E-state index contributed by atoms with van der Waals surface area (Å²) in [6.45, 7) is 10.2. The monoisotopic (exact) mass is 470 g/mol. The topological polar surface area (TPSA) is 130 Å². The smallest absolute Gasteiger partial charge is 0.217 e. The first-order chi connectivity index (χ1) is 16.3. The van der Waals surface area contributed by atoms with E-state index in [0.717, 1.165) is 60.2 Å². The molecule has 0 saturated carbocycles. The SMILES string of the molecule is CCOCc1nc2c(N)nc3cc(OCCCCCCN)ccc3c2n1CC(C)(C)NC(C)=O. The number of hydrogen-bond donors (Lipinski definition) is 3. The van der Waals surface area contributed by atoms with Crippen molar-refractivity contribution in [1.29, 1.82) is 0 Å². The van der Waals surface area contributed by atoms with Gasteiger partial charge in [0.05, 0.1) is 23.2 Å². The number of nitrogen functional groups attached to an aromatic ring is 1. The van der Waals surface area contributed by atoms with Gasteiger partial charge in [0.1, 0.15) is 23.7 Å². The lowest BCUT2D eigenvalue weighted by molar-refractivity contribution is -0.120. The Morgan fingerprint density at radius 3 is 2.65 bits per heavy atom. The molecule has 0 aliphatic rings. The number of carbonyl (C=O) groups excluding carboxylic acids is 1. The summed E-state index contributed by atoms with van der Waals surface area (Å²) >= 11 is 0. The van der Waals surface area contributed by atoms with Crippen LogP contribution in [0.25, 0.3) is 21.9 Å². The maximum absolute atomic E-state index is 11.8. The fourth-order valence-electron chi connectivity index (χ4n) is 4.20. The molecule has 9 heteroatoms. The fourth-order valence-corrected chi connectivity index (χ4v) is 4.20. The molecule has 1 amide bonds. The van der Waals surface area contributed by atoms with E-state index in [2.05, 4.69) is 14.9 Å². The molecule has 186 valence electrons. The van der Waals surface area contributed by atoms with Crippen molar-refractivity contribution in [3.8, 4) is 5.75 Å². The van der Waals surface area contributed by atoms with Crippen molar-refractivity contribution in [3.05, 3.63) is 24.0 Å². The number of pyridine rings is 1. The van der Waals surface area contributed by atoms with Gasteiger partial charge in [0.2, 0.25) is 5.91 Å². The van der Waals surface area contributed by atoms with E-state index in [1.54, 1.807) is 0 Å². The third-order valence-electron chi connectivity index (χ3n) is 5.62. The third-order valence-corrected chi connectivity index (χ3v) is 5.62. The van der Waals surface area contributed by atoms with Gasteiger partial charge in [0.15, 0.2) is 5.82 Å². The van der Waals surface area contributed by atoms with Gasteiger partial charge in [-0.05, 0) is 52.3 Å². The number of benzene rings is 1. The molecule has 0 aliphatic carbocycles. The molecule has 0 radical (unpaired) electrons. The Bertz CT molecular complexity index is 1120. The van der Waals surface area contributed by atoms with Crippen molar-refractivity contribution in [2.24, 2.45) is 5.73 Å². The Hall–Kier alpha value is -2.91. The van der Waals surface area contributed by atoms with Crippen LogP contribution in [0, 0.1) is 0 Å². The average Bonchev–Trinajstić information content (AvgIpc) is 3.12. The summed E-state index contributed by atoms with van der Waals surface area (Å²) in [7, 11) is 0. The Kier molecular flexibility index (Phi) is 8.68. The number of aromatic nitrogens is 3. The van der Waals surface area contributed by atoms with Crippen molar-refractivity contribution in [3.63, 3.8) is 0 Å². The number of amides is 1. The molecule has 1 aromatic carbocycles. The van der Waals surface area contributed by atoms with Crippen LogP contribution in [0.4, 0.5) is 5.82 Å². The number of imidazole rings is 1. The average molecular weight is 471 g/mol. The summed E-state index contributed by atoms with van der Waals surface area (Å²) < 4.78 is 13.7. The van der Waals surface area contributed by atoms with Gasteiger partial charge in [0.25, 0.3) is 0 Å². The van der Waals surface area contributed by atoms with Crippen LogP contribution in [0.3, 0.4) is 0 Å². The molecule has 9 nitrogen and oxygen atoms in total. The lowest BCUT2D eigenvalue weighted by Crippen LogP contribution is -2.45. The maximum atomic E-state index is 11.8. The first kappa shape index (κ1) is 25.7. The number of fused-ring (bicyclic) bond motifs is 3. The largest absolute Gasteiger partial charge is 0.494 e. The molecule has 0 bridgehead atoms. The summed E-state index contributed by atoms with van der Waals surface area (Å²) in [5.41, 5.74) is 13.6. The van der Waals surface area contributed by atoms with Crippen molar-refractivity contribution in [2.45, 2.75) is 72.1 Å². The predicted octanol–water partition coefficient (Wildman–Crippen LogP) is 3.52. The zero-order chi connectivity index (χ0) is 24.7. The third kappa shape index (κ3) is 6.36. The molecule has 3 rings (SSSR count). The first-order valence-electron chi connectivity index (χ1n) is 12.0. The van der Waals surface area contributed by atoms with Gasteiger partial charge in [-0.2, -0.15) is 0 Å². The number of nitrogens with two attached hydrogens (primary N) is 2. The molecule has 0 fully saturated rings. The fraction of sp³-hybridized carbons (Fsp3) is 0.560. The maximum Gasteiger partial charge on any atom is 0.217 e. The summed E-state index contributed by atoms with van der Waals surface area (Å²) in [6, 6.07) is 5.88. The van der Waals surface area contributed by atoms with Crippen LogP contribution in [0.15, 0.2) is 18.2 Å². The number of rotatable bonds is 13. The van der Waals surface area contributed by atoms with Crippen molar-refractivity contribution < 1.29 is 14.3 Å². The highest BCUT2D eigenvalue weighted by atomic mass is 16.5. The van der Waals surface area contributed by atoms with Gasteiger partial charge >= 0.3 is 0 Å². The summed E-state index contributed by atoms with van der Waals surface area (Å²) in [4.78, 5) is 21.1. The van der Waals surface area contributed by atoms with Crippen molar-refractivity contribution >= 4 is 33.7 Å². The van der Waals surface area contributed by atoms with Crippen molar-refractivity contribution in [2.75, 3.05) is 25.5 Å². The molecule has 0 atom stereocenters.